The van der Waals surface area contributed by atoms with Gasteiger partial charge >= 0.3 is 5.97 Å². The molecule has 86 valence electrons. The van der Waals surface area contributed by atoms with Crippen molar-refractivity contribution >= 4 is 12.0 Å². The second-order valence-electron chi connectivity index (χ2n) is 3.01. The highest BCUT2D eigenvalue weighted by molar-refractivity contribution is 5.87. The summed E-state index contributed by atoms with van der Waals surface area (Å²) in [5.74, 6) is 0.257. The van der Waals surface area contributed by atoms with Crippen LogP contribution in [0.5, 0.6) is 11.5 Å². The van der Waals surface area contributed by atoms with Gasteiger partial charge in [0.05, 0.1) is 13.7 Å². The summed E-state index contributed by atoms with van der Waals surface area (Å²) in [7, 11) is 1.53. The largest absolute Gasteiger partial charge is 0.507 e. The molecule has 0 fully saturated rings. The summed E-state index contributed by atoms with van der Waals surface area (Å²) in [6.07, 6.45) is 2.74. The van der Waals surface area contributed by atoms with Crippen LogP contribution in [0.1, 0.15) is 12.5 Å². The zero-order chi connectivity index (χ0) is 12.0. The van der Waals surface area contributed by atoms with Crippen molar-refractivity contribution in [3.8, 4) is 11.5 Å². The fourth-order valence-corrected chi connectivity index (χ4v) is 1.14. The van der Waals surface area contributed by atoms with Gasteiger partial charge in [-0.2, -0.15) is 0 Å². The molecule has 0 saturated carbocycles. The van der Waals surface area contributed by atoms with Gasteiger partial charge in [0.1, 0.15) is 11.5 Å². The average molecular weight is 222 g/mol. The third-order valence-corrected chi connectivity index (χ3v) is 1.92. The second kappa shape index (κ2) is 5.80. The summed E-state index contributed by atoms with van der Waals surface area (Å²) < 4.78 is 9.72. The van der Waals surface area contributed by atoms with Gasteiger partial charge in [0.15, 0.2) is 0 Å². The number of carbonyl (C=O) groups excluding carboxylic acids is 1. The van der Waals surface area contributed by atoms with Gasteiger partial charge in [-0.15, -0.1) is 0 Å². The van der Waals surface area contributed by atoms with Crippen LogP contribution in [0, 0.1) is 0 Å². The van der Waals surface area contributed by atoms with Crippen LogP contribution in [0.25, 0.3) is 6.08 Å². The predicted octanol–water partition coefficient (Wildman–Crippen LogP) is 1.98. The lowest BCUT2D eigenvalue weighted by Gasteiger charge is -2.03. The Morgan fingerprint density at radius 2 is 2.25 bits per heavy atom. The molecule has 0 aromatic heterocycles. The zero-order valence-electron chi connectivity index (χ0n) is 9.27. The average Bonchev–Trinajstić information content (AvgIpc) is 2.28. The molecule has 1 rings (SSSR count). The molecule has 0 aliphatic rings. The standard InChI is InChI=1S/C12H14O4/c1-3-16-12(14)7-4-9-8-10(15-2)5-6-11(9)13/h4-8,13H,3H2,1-2H3. The van der Waals surface area contributed by atoms with Crippen LogP contribution in [0.4, 0.5) is 0 Å². The van der Waals surface area contributed by atoms with Gasteiger partial charge in [-0.1, -0.05) is 0 Å². The third-order valence-electron chi connectivity index (χ3n) is 1.92. The van der Waals surface area contributed by atoms with E-state index >= 15 is 0 Å². The number of benzene rings is 1. The smallest absolute Gasteiger partial charge is 0.330 e. The second-order valence-corrected chi connectivity index (χ2v) is 3.01. The summed E-state index contributed by atoms with van der Waals surface area (Å²) >= 11 is 0. The Kier molecular flexibility index (Phi) is 4.39. The van der Waals surface area contributed by atoms with Crippen molar-refractivity contribution in [1.82, 2.24) is 0 Å². The summed E-state index contributed by atoms with van der Waals surface area (Å²) in [5.41, 5.74) is 0.507. The minimum Gasteiger partial charge on any atom is -0.507 e. The van der Waals surface area contributed by atoms with E-state index in [1.807, 2.05) is 0 Å². The minimum atomic E-state index is -0.440. The lowest BCUT2D eigenvalue weighted by molar-refractivity contribution is -0.137. The number of phenolic OH excluding ortho intramolecular Hbond substituents is 1. The molecule has 16 heavy (non-hydrogen) atoms. The van der Waals surface area contributed by atoms with E-state index in [0.29, 0.717) is 17.9 Å². The van der Waals surface area contributed by atoms with Crippen LogP contribution < -0.4 is 4.74 Å². The third kappa shape index (κ3) is 3.31. The molecular formula is C12H14O4. The van der Waals surface area contributed by atoms with Crippen molar-refractivity contribution in [2.24, 2.45) is 0 Å². The molecule has 0 radical (unpaired) electrons. The molecule has 0 spiro atoms. The SMILES string of the molecule is CCOC(=O)C=Cc1cc(OC)ccc1O. The van der Waals surface area contributed by atoms with Crippen LogP contribution in [-0.4, -0.2) is 24.8 Å². The van der Waals surface area contributed by atoms with E-state index in [2.05, 4.69) is 0 Å². The topological polar surface area (TPSA) is 55.8 Å². The molecule has 0 aliphatic carbocycles. The number of carbonyl (C=O) groups is 1. The van der Waals surface area contributed by atoms with Crippen molar-refractivity contribution in [3.05, 3.63) is 29.8 Å². The lowest BCUT2D eigenvalue weighted by atomic mass is 10.2. The maximum atomic E-state index is 11.1. The monoisotopic (exact) mass is 222 g/mol. The van der Waals surface area contributed by atoms with E-state index in [9.17, 15) is 9.90 Å². The summed E-state index contributed by atoms with van der Waals surface area (Å²) in [5, 5.41) is 9.51. The van der Waals surface area contributed by atoms with Gasteiger partial charge in [-0.25, -0.2) is 4.79 Å². The number of phenols is 1. The quantitative estimate of drug-likeness (QED) is 0.625. The normalized spacial score (nSPS) is 10.4. The Morgan fingerprint density at radius 3 is 2.88 bits per heavy atom. The Balaban J connectivity index is 2.83. The molecule has 0 saturated heterocycles. The highest BCUT2D eigenvalue weighted by atomic mass is 16.5. The van der Waals surface area contributed by atoms with Crippen molar-refractivity contribution in [2.75, 3.05) is 13.7 Å². The number of hydrogen-bond donors (Lipinski definition) is 1. The molecule has 1 aromatic carbocycles. The van der Waals surface area contributed by atoms with Crippen LogP contribution >= 0.6 is 0 Å². The number of rotatable bonds is 4. The van der Waals surface area contributed by atoms with E-state index < -0.39 is 5.97 Å². The number of hydrogen-bond acceptors (Lipinski definition) is 4. The summed E-state index contributed by atoms with van der Waals surface area (Å²) in [6.45, 7) is 2.06. The molecule has 0 heterocycles. The van der Waals surface area contributed by atoms with Gasteiger partial charge in [0.25, 0.3) is 0 Å². The molecule has 0 aliphatic heterocycles. The van der Waals surface area contributed by atoms with Crippen molar-refractivity contribution in [2.45, 2.75) is 6.92 Å². The molecule has 4 heteroatoms. The highest BCUT2D eigenvalue weighted by Crippen LogP contribution is 2.23. The summed E-state index contributed by atoms with van der Waals surface area (Å²) in [4.78, 5) is 11.1. The fourth-order valence-electron chi connectivity index (χ4n) is 1.14. The van der Waals surface area contributed by atoms with Crippen molar-refractivity contribution < 1.29 is 19.4 Å². The zero-order valence-corrected chi connectivity index (χ0v) is 9.27. The maximum absolute atomic E-state index is 11.1. The first-order valence-corrected chi connectivity index (χ1v) is 4.89. The highest BCUT2D eigenvalue weighted by Gasteiger charge is 2.01. The molecule has 0 atom stereocenters. The predicted molar refractivity (Wildman–Crippen MR) is 60.3 cm³/mol. The van der Waals surface area contributed by atoms with Crippen molar-refractivity contribution in [3.63, 3.8) is 0 Å². The molecule has 0 bridgehead atoms. The van der Waals surface area contributed by atoms with Crippen LogP contribution in [0.3, 0.4) is 0 Å². The van der Waals surface area contributed by atoms with Crippen LogP contribution in [0.2, 0.25) is 0 Å². The number of ether oxygens (including phenoxy) is 2. The van der Waals surface area contributed by atoms with E-state index in [4.69, 9.17) is 9.47 Å². The van der Waals surface area contributed by atoms with Gasteiger partial charge < -0.3 is 14.6 Å². The number of esters is 1. The number of aromatic hydroxyl groups is 1. The van der Waals surface area contributed by atoms with Gasteiger partial charge in [0.2, 0.25) is 0 Å². The van der Waals surface area contributed by atoms with E-state index in [1.54, 1.807) is 19.1 Å². The van der Waals surface area contributed by atoms with Crippen LogP contribution in [0.15, 0.2) is 24.3 Å². The van der Waals surface area contributed by atoms with Crippen molar-refractivity contribution in [1.29, 1.82) is 0 Å². The Labute approximate surface area is 94.1 Å². The molecular weight excluding hydrogens is 208 g/mol. The van der Waals surface area contributed by atoms with Gasteiger partial charge in [0, 0.05) is 11.6 Å². The van der Waals surface area contributed by atoms with Gasteiger partial charge in [-0.3, -0.25) is 0 Å². The molecule has 0 unspecified atom stereocenters. The Morgan fingerprint density at radius 1 is 1.50 bits per heavy atom. The summed E-state index contributed by atoms with van der Waals surface area (Å²) in [6, 6.07) is 4.77. The molecule has 4 nitrogen and oxygen atoms in total. The maximum Gasteiger partial charge on any atom is 0.330 e. The first-order valence-electron chi connectivity index (χ1n) is 4.89. The van der Waals surface area contributed by atoms with E-state index in [1.165, 1.54) is 25.3 Å². The molecule has 1 aromatic rings. The molecule has 1 N–H and O–H groups in total. The molecule has 0 amide bonds. The first kappa shape index (κ1) is 12.1. The van der Waals surface area contributed by atoms with E-state index in [0.717, 1.165) is 0 Å². The van der Waals surface area contributed by atoms with E-state index in [-0.39, 0.29) is 5.75 Å². The first-order chi connectivity index (χ1) is 7.67. The van der Waals surface area contributed by atoms with Crippen LogP contribution in [-0.2, 0) is 9.53 Å². The Bertz CT molecular complexity index is 396. The fraction of sp³-hybridized carbons (Fsp3) is 0.250. The van der Waals surface area contributed by atoms with Gasteiger partial charge in [-0.05, 0) is 31.2 Å². The Hall–Kier alpha value is -1.97. The minimum absolute atomic E-state index is 0.0846. The lowest BCUT2D eigenvalue weighted by Crippen LogP contribution is -1.98. The number of methoxy groups -OCH3 is 1.